The number of ether oxygens (including phenoxy) is 3. The van der Waals surface area contributed by atoms with E-state index in [1.165, 1.54) is 0 Å². The van der Waals surface area contributed by atoms with E-state index >= 15 is 0 Å². The molecular formula is C27H32N6O4. The van der Waals surface area contributed by atoms with Crippen LogP contribution in [0.4, 0.5) is 0 Å². The van der Waals surface area contributed by atoms with Crippen LogP contribution in [-0.4, -0.2) is 44.0 Å². The summed E-state index contributed by atoms with van der Waals surface area (Å²) in [4.78, 5) is 18.4. The fourth-order valence-corrected chi connectivity index (χ4v) is 4.73. The second-order valence-electron chi connectivity index (χ2n) is 10.2. The van der Waals surface area contributed by atoms with E-state index in [0.29, 0.717) is 18.7 Å². The predicted octanol–water partition coefficient (Wildman–Crippen LogP) is 4.16. The molecular weight excluding hydrogens is 472 g/mol. The monoisotopic (exact) mass is 504 g/mol. The van der Waals surface area contributed by atoms with E-state index in [1.54, 1.807) is 7.11 Å². The molecule has 0 amide bonds. The van der Waals surface area contributed by atoms with Crippen LogP contribution >= 0.6 is 0 Å². The standard InChI is InChI=1S/C27H32N6O4/c1-6-22(25-29-30-31-33(25)27(2,3)4)32(14-17-7-10-23-24(11-17)37-16-36-23)15-19-12-18-13-20(35-5)8-9-21(18)28-26(19)34/h7-13,22H,6,14-16H2,1-5H3,(H,28,34)/t22-/m0/s1. The fourth-order valence-electron chi connectivity index (χ4n) is 4.73. The summed E-state index contributed by atoms with van der Waals surface area (Å²) in [5.41, 5.74) is 2.03. The van der Waals surface area contributed by atoms with Crippen molar-refractivity contribution in [1.82, 2.24) is 30.1 Å². The second kappa shape index (κ2) is 9.85. The lowest BCUT2D eigenvalue weighted by Gasteiger charge is -2.32. The van der Waals surface area contributed by atoms with Gasteiger partial charge in [-0.3, -0.25) is 9.69 Å². The van der Waals surface area contributed by atoms with Crippen molar-refractivity contribution in [3.05, 3.63) is 69.8 Å². The lowest BCUT2D eigenvalue weighted by molar-refractivity contribution is 0.153. The maximum atomic E-state index is 13.2. The van der Waals surface area contributed by atoms with Crippen molar-refractivity contribution in [3.63, 3.8) is 0 Å². The number of methoxy groups -OCH3 is 1. The number of nitrogens with one attached hydrogen (secondary N) is 1. The summed E-state index contributed by atoms with van der Waals surface area (Å²) in [5, 5.41) is 13.6. The molecule has 0 bridgehead atoms. The Hall–Kier alpha value is -3.92. The Labute approximate surface area is 215 Å². The van der Waals surface area contributed by atoms with Gasteiger partial charge in [0, 0.05) is 29.6 Å². The Balaban J connectivity index is 1.56. The van der Waals surface area contributed by atoms with E-state index < -0.39 is 0 Å². The average molecular weight is 505 g/mol. The van der Waals surface area contributed by atoms with E-state index in [2.05, 4.69) is 53.1 Å². The first kappa shape index (κ1) is 24.8. The molecule has 3 heterocycles. The average Bonchev–Trinajstić information content (AvgIpc) is 3.54. The molecule has 1 atom stereocenters. The van der Waals surface area contributed by atoms with E-state index in [-0.39, 0.29) is 23.9 Å². The molecule has 0 fully saturated rings. The number of benzene rings is 2. The molecule has 0 radical (unpaired) electrons. The first-order chi connectivity index (χ1) is 17.8. The summed E-state index contributed by atoms with van der Waals surface area (Å²) in [7, 11) is 1.63. The number of tetrazole rings is 1. The summed E-state index contributed by atoms with van der Waals surface area (Å²) >= 11 is 0. The highest BCUT2D eigenvalue weighted by molar-refractivity contribution is 5.80. The van der Waals surface area contributed by atoms with Gasteiger partial charge in [0.05, 0.1) is 18.7 Å². The maximum Gasteiger partial charge on any atom is 0.252 e. The van der Waals surface area contributed by atoms with Crippen LogP contribution in [0.15, 0.2) is 47.3 Å². The van der Waals surface area contributed by atoms with Crippen molar-refractivity contribution in [2.45, 2.75) is 58.8 Å². The van der Waals surface area contributed by atoms with Crippen LogP contribution in [0, 0.1) is 0 Å². The Morgan fingerprint density at radius 2 is 1.92 bits per heavy atom. The fraction of sp³-hybridized carbons (Fsp3) is 0.407. The Morgan fingerprint density at radius 3 is 2.68 bits per heavy atom. The van der Waals surface area contributed by atoms with Gasteiger partial charge in [-0.2, -0.15) is 0 Å². The molecule has 0 spiro atoms. The van der Waals surface area contributed by atoms with Crippen molar-refractivity contribution < 1.29 is 14.2 Å². The van der Waals surface area contributed by atoms with Crippen LogP contribution in [0.2, 0.25) is 0 Å². The number of pyridine rings is 1. The topological polar surface area (TPSA) is 107 Å². The molecule has 1 aliphatic rings. The van der Waals surface area contributed by atoms with Gasteiger partial charge in [-0.05, 0) is 79.6 Å². The molecule has 194 valence electrons. The van der Waals surface area contributed by atoms with Gasteiger partial charge in [0.1, 0.15) is 5.75 Å². The lowest BCUT2D eigenvalue weighted by atomic mass is 10.0. The Bertz CT molecular complexity index is 1470. The maximum absolute atomic E-state index is 13.2. The quantitative estimate of drug-likeness (QED) is 0.381. The van der Waals surface area contributed by atoms with Crippen LogP contribution in [0.5, 0.6) is 17.2 Å². The van der Waals surface area contributed by atoms with E-state index in [9.17, 15) is 4.79 Å². The normalized spacial score (nSPS) is 13.9. The van der Waals surface area contributed by atoms with Crippen molar-refractivity contribution >= 4 is 10.9 Å². The first-order valence-electron chi connectivity index (χ1n) is 12.4. The van der Waals surface area contributed by atoms with E-state index in [4.69, 9.17) is 14.2 Å². The second-order valence-corrected chi connectivity index (χ2v) is 10.2. The summed E-state index contributed by atoms with van der Waals surface area (Å²) in [6.45, 7) is 9.49. The van der Waals surface area contributed by atoms with Gasteiger partial charge in [-0.15, -0.1) is 5.10 Å². The molecule has 10 nitrogen and oxygen atoms in total. The molecule has 4 aromatic rings. The van der Waals surface area contributed by atoms with Gasteiger partial charge < -0.3 is 19.2 Å². The number of fused-ring (bicyclic) bond motifs is 2. The number of hydrogen-bond donors (Lipinski definition) is 1. The highest BCUT2D eigenvalue weighted by Crippen LogP contribution is 2.35. The third kappa shape index (κ3) is 5.01. The van der Waals surface area contributed by atoms with Gasteiger partial charge >= 0.3 is 0 Å². The van der Waals surface area contributed by atoms with Crippen LogP contribution in [0.25, 0.3) is 10.9 Å². The van der Waals surface area contributed by atoms with Gasteiger partial charge in [-0.25, -0.2) is 4.68 Å². The molecule has 0 saturated carbocycles. The van der Waals surface area contributed by atoms with Crippen molar-refractivity contribution in [2.75, 3.05) is 13.9 Å². The minimum Gasteiger partial charge on any atom is -0.497 e. The molecule has 2 aromatic carbocycles. The van der Waals surface area contributed by atoms with Gasteiger partial charge in [0.25, 0.3) is 5.56 Å². The van der Waals surface area contributed by atoms with Crippen molar-refractivity contribution in [1.29, 1.82) is 0 Å². The zero-order valence-corrected chi connectivity index (χ0v) is 21.8. The highest BCUT2D eigenvalue weighted by atomic mass is 16.7. The summed E-state index contributed by atoms with van der Waals surface area (Å²) < 4.78 is 18.3. The van der Waals surface area contributed by atoms with Crippen LogP contribution in [0.3, 0.4) is 0 Å². The van der Waals surface area contributed by atoms with Crippen LogP contribution in [0.1, 0.15) is 57.1 Å². The SMILES string of the molecule is CC[C@@H](c1nnnn1C(C)(C)C)N(Cc1ccc2c(c1)OCO2)Cc1cc2cc(OC)ccc2[nH]c1=O. The van der Waals surface area contributed by atoms with Gasteiger partial charge in [0.2, 0.25) is 6.79 Å². The minimum absolute atomic E-state index is 0.126. The number of nitrogens with zero attached hydrogens (tertiary/aromatic N) is 5. The molecule has 0 aliphatic carbocycles. The third-order valence-electron chi connectivity index (χ3n) is 6.58. The Kier molecular flexibility index (Phi) is 6.59. The van der Waals surface area contributed by atoms with Crippen molar-refractivity contribution in [2.24, 2.45) is 0 Å². The largest absolute Gasteiger partial charge is 0.497 e. The number of aromatic nitrogens is 5. The zero-order chi connectivity index (χ0) is 26.2. The first-order valence-corrected chi connectivity index (χ1v) is 12.4. The summed E-state index contributed by atoms with van der Waals surface area (Å²) in [6, 6.07) is 13.3. The molecule has 0 unspecified atom stereocenters. The van der Waals surface area contributed by atoms with Crippen LogP contribution < -0.4 is 19.8 Å². The number of aromatic amines is 1. The lowest BCUT2D eigenvalue weighted by Crippen LogP contribution is -2.35. The molecule has 10 heteroatoms. The van der Waals surface area contributed by atoms with E-state index in [0.717, 1.165) is 46.0 Å². The zero-order valence-electron chi connectivity index (χ0n) is 21.8. The molecule has 5 rings (SSSR count). The number of H-pyrrole nitrogens is 1. The van der Waals surface area contributed by atoms with Crippen molar-refractivity contribution in [3.8, 4) is 17.2 Å². The highest BCUT2D eigenvalue weighted by Gasteiger charge is 2.30. The third-order valence-corrected chi connectivity index (χ3v) is 6.58. The molecule has 0 saturated heterocycles. The predicted molar refractivity (Wildman–Crippen MR) is 139 cm³/mol. The minimum atomic E-state index is -0.298. The molecule has 2 aromatic heterocycles. The number of hydrogen-bond acceptors (Lipinski definition) is 8. The summed E-state index contributed by atoms with van der Waals surface area (Å²) in [5.74, 6) is 2.95. The van der Waals surface area contributed by atoms with E-state index in [1.807, 2.05) is 47.1 Å². The smallest absolute Gasteiger partial charge is 0.252 e. The molecule has 1 N–H and O–H groups in total. The number of rotatable bonds is 8. The Morgan fingerprint density at radius 1 is 1.11 bits per heavy atom. The van der Waals surface area contributed by atoms with Gasteiger partial charge in [0.15, 0.2) is 17.3 Å². The van der Waals surface area contributed by atoms with Gasteiger partial charge in [-0.1, -0.05) is 13.0 Å². The molecule has 37 heavy (non-hydrogen) atoms. The van der Waals surface area contributed by atoms with Crippen LogP contribution in [-0.2, 0) is 18.6 Å². The summed E-state index contributed by atoms with van der Waals surface area (Å²) in [6.07, 6.45) is 0.750. The molecule has 1 aliphatic heterocycles.